The maximum Gasteiger partial charge on any atom is 0.266 e. The van der Waals surface area contributed by atoms with E-state index in [1.165, 1.54) is 6.07 Å². The van der Waals surface area contributed by atoms with Gasteiger partial charge in [-0.15, -0.1) is 0 Å². The first kappa shape index (κ1) is 14.7. The summed E-state index contributed by atoms with van der Waals surface area (Å²) in [6.45, 7) is 0. The van der Waals surface area contributed by atoms with Crippen LogP contribution in [-0.4, -0.2) is 13.5 Å². The number of hydrogen-bond acceptors (Lipinski definition) is 3. The molecule has 0 saturated heterocycles. The molecule has 0 spiro atoms. The Morgan fingerprint density at radius 1 is 0.909 bits per heavy atom. The van der Waals surface area contributed by atoms with Gasteiger partial charge in [0.05, 0.1) is 0 Å². The number of anilines is 1. The maximum absolute atomic E-state index is 12.6. The number of fused-ring (bicyclic) bond motifs is 1. The molecule has 112 valence electrons. The van der Waals surface area contributed by atoms with E-state index < -0.39 is 10.0 Å². The van der Waals surface area contributed by atoms with Gasteiger partial charge in [-0.2, -0.15) is 0 Å². The second-order valence-electron chi connectivity index (χ2n) is 4.75. The summed E-state index contributed by atoms with van der Waals surface area (Å²) in [4.78, 5) is -0.138. The van der Waals surface area contributed by atoms with E-state index in [0.29, 0.717) is 16.1 Å². The second kappa shape index (κ2) is 5.51. The van der Waals surface area contributed by atoms with E-state index in [9.17, 15) is 13.5 Å². The van der Waals surface area contributed by atoms with Crippen LogP contribution in [0.1, 0.15) is 0 Å². The van der Waals surface area contributed by atoms with Crippen molar-refractivity contribution in [1.29, 1.82) is 0 Å². The van der Waals surface area contributed by atoms with Crippen molar-refractivity contribution in [2.45, 2.75) is 4.90 Å². The van der Waals surface area contributed by atoms with Crippen LogP contribution in [0.25, 0.3) is 10.8 Å². The minimum atomic E-state index is -3.93. The molecule has 0 aromatic heterocycles. The van der Waals surface area contributed by atoms with Gasteiger partial charge in [-0.1, -0.05) is 41.9 Å². The predicted molar refractivity (Wildman–Crippen MR) is 87.9 cm³/mol. The molecule has 6 heteroatoms. The lowest BCUT2D eigenvalue weighted by atomic mass is 10.1. The molecule has 3 aromatic carbocycles. The van der Waals surface area contributed by atoms with Crippen molar-refractivity contribution in [2.24, 2.45) is 0 Å². The van der Waals surface area contributed by atoms with Gasteiger partial charge in [0.2, 0.25) is 0 Å². The average molecular weight is 334 g/mol. The maximum atomic E-state index is 12.6. The van der Waals surface area contributed by atoms with E-state index in [2.05, 4.69) is 4.72 Å². The summed E-state index contributed by atoms with van der Waals surface area (Å²) in [7, 11) is -3.93. The van der Waals surface area contributed by atoms with Gasteiger partial charge in [-0.25, -0.2) is 8.42 Å². The quantitative estimate of drug-likeness (QED) is 0.761. The van der Waals surface area contributed by atoms with Crippen LogP contribution in [-0.2, 0) is 10.0 Å². The summed E-state index contributed by atoms with van der Waals surface area (Å²) < 4.78 is 27.7. The molecule has 0 heterocycles. The summed E-state index contributed by atoms with van der Waals surface area (Å²) in [5.74, 6) is -0.292. The molecule has 3 aromatic rings. The van der Waals surface area contributed by atoms with Crippen molar-refractivity contribution in [3.05, 3.63) is 65.7 Å². The molecule has 0 fully saturated rings. The summed E-state index contributed by atoms with van der Waals surface area (Å²) in [5, 5.41) is 11.7. The molecule has 0 saturated carbocycles. The van der Waals surface area contributed by atoms with Crippen LogP contribution in [0.5, 0.6) is 5.75 Å². The number of nitrogens with one attached hydrogen (secondary N) is 1. The molecule has 22 heavy (non-hydrogen) atoms. The second-order valence-corrected chi connectivity index (χ2v) is 6.80. The molecular formula is C16H12ClNO3S. The lowest BCUT2D eigenvalue weighted by Gasteiger charge is -2.12. The zero-order valence-electron chi connectivity index (χ0n) is 11.3. The monoisotopic (exact) mass is 333 g/mol. The van der Waals surface area contributed by atoms with Gasteiger partial charge in [-0.05, 0) is 35.7 Å². The normalized spacial score (nSPS) is 11.5. The number of benzene rings is 3. The SMILES string of the molecule is O=S(=O)(Nc1ccc(Cl)cc1)c1c(O)ccc2ccccc12. The zero-order chi connectivity index (χ0) is 15.7. The van der Waals surface area contributed by atoms with E-state index in [1.54, 1.807) is 48.5 Å². The van der Waals surface area contributed by atoms with Crippen molar-refractivity contribution in [3.63, 3.8) is 0 Å². The Balaban J connectivity index is 2.13. The van der Waals surface area contributed by atoms with Crippen LogP contribution in [0.3, 0.4) is 0 Å². The van der Waals surface area contributed by atoms with Gasteiger partial charge in [0.1, 0.15) is 10.6 Å². The average Bonchev–Trinajstić information content (AvgIpc) is 2.49. The highest BCUT2D eigenvalue weighted by atomic mass is 35.5. The molecule has 2 N–H and O–H groups in total. The van der Waals surface area contributed by atoms with Crippen LogP contribution < -0.4 is 4.72 Å². The number of hydrogen-bond donors (Lipinski definition) is 2. The van der Waals surface area contributed by atoms with Crippen LogP contribution in [0.4, 0.5) is 5.69 Å². The Morgan fingerprint density at radius 2 is 1.59 bits per heavy atom. The van der Waals surface area contributed by atoms with Crippen molar-refractivity contribution < 1.29 is 13.5 Å². The number of aromatic hydroxyl groups is 1. The van der Waals surface area contributed by atoms with E-state index in [4.69, 9.17) is 11.6 Å². The van der Waals surface area contributed by atoms with Crippen molar-refractivity contribution in [1.82, 2.24) is 0 Å². The van der Waals surface area contributed by atoms with Gasteiger partial charge < -0.3 is 5.11 Å². The summed E-state index contributed by atoms with van der Waals surface area (Å²) in [6, 6.07) is 16.3. The lowest BCUT2D eigenvalue weighted by Crippen LogP contribution is -2.13. The molecular weight excluding hydrogens is 322 g/mol. The molecule has 0 aliphatic rings. The number of phenols is 1. The third-order valence-corrected chi connectivity index (χ3v) is 4.95. The Kier molecular flexibility index (Phi) is 3.68. The molecule has 0 aliphatic heterocycles. The minimum Gasteiger partial charge on any atom is -0.506 e. The van der Waals surface area contributed by atoms with Gasteiger partial charge in [0.15, 0.2) is 0 Å². The summed E-state index contributed by atoms with van der Waals surface area (Å²) in [6.07, 6.45) is 0. The Hall–Kier alpha value is -2.24. The highest BCUT2D eigenvalue weighted by molar-refractivity contribution is 7.93. The highest BCUT2D eigenvalue weighted by Crippen LogP contribution is 2.32. The molecule has 0 atom stereocenters. The standard InChI is InChI=1S/C16H12ClNO3S/c17-12-6-8-13(9-7-12)18-22(20,21)16-14-4-2-1-3-11(14)5-10-15(16)19/h1-10,18-19H. The van der Waals surface area contributed by atoms with Gasteiger partial charge in [0, 0.05) is 16.1 Å². The number of halogens is 1. The molecule has 0 radical (unpaired) electrons. The molecule has 0 unspecified atom stereocenters. The van der Waals surface area contributed by atoms with Gasteiger partial charge >= 0.3 is 0 Å². The fourth-order valence-electron chi connectivity index (χ4n) is 2.24. The van der Waals surface area contributed by atoms with Crippen LogP contribution in [0.2, 0.25) is 5.02 Å². The van der Waals surface area contributed by atoms with Crippen LogP contribution in [0, 0.1) is 0 Å². The first-order valence-electron chi connectivity index (χ1n) is 6.46. The topological polar surface area (TPSA) is 66.4 Å². The largest absolute Gasteiger partial charge is 0.506 e. The molecule has 0 bridgehead atoms. The highest BCUT2D eigenvalue weighted by Gasteiger charge is 2.22. The van der Waals surface area contributed by atoms with Crippen molar-refractivity contribution in [2.75, 3.05) is 4.72 Å². The zero-order valence-corrected chi connectivity index (χ0v) is 12.9. The predicted octanol–water partition coefficient (Wildman–Crippen LogP) is 4.00. The smallest absolute Gasteiger partial charge is 0.266 e. The molecule has 0 amide bonds. The molecule has 4 nitrogen and oxygen atoms in total. The third-order valence-electron chi connectivity index (χ3n) is 3.22. The summed E-state index contributed by atoms with van der Waals surface area (Å²) >= 11 is 5.79. The van der Waals surface area contributed by atoms with E-state index >= 15 is 0 Å². The summed E-state index contributed by atoms with van der Waals surface area (Å²) in [5.41, 5.74) is 0.372. The van der Waals surface area contributed by atoms with Gasteiger partial charge in [0.25, 0.3) is 10.0 Å². The number of sulfonamides is 1. The van der Waals surface area contributed by atoms with Gasteiger partial charge in [-0.3, -0.25) is 4.72 Å². The third kappa shape index (κ3) is 2.73. The van der Waals surface area contributed by atoms with Crippen molar-refractivity contribution in [3.8, 4) is 5.75 Å². The Labute approximate surface area is 133 Å². The van der Waals surface area contributed by atoms with E-state index in [-0.39, 0.29) is 10.6 Å². The van der Waals surface area contributed by atoms with E-state index in [0.717, 1.165) is 5.39 Å². The lowest BCUT2D eigenvalue weighted by molar-refractivity contribution is 0.461. The molecule has 3 rings (SSSR count). The van der Waals surface area contributed by atoms with Crippen molar-refractivity contribution >= 4 is 38.1 Å². The minimum absolute atomic E-state index is 0.138. The number of phenolic OH excluding ortho intramolecular Hbond substituents is 1. The van der Waals surface area contributed by atoms with E-state index in [1.807, 2.05) is 6.07 Å². The Morgan fingerprint density at radius 3 is 2.32 bits per heavy atom. The fourth-order valence-corrected chi connectivity index (χ4v) is 3.73. The molecule has 0 aliphatic carbocycles. The Bertz CT molecular complexity index is 937. The first-order valence-corrected chi connectivity index (χ1v) is 8.32. The fraction of sp³-hybridized carbons (Fsp3) is 0. The number of rotatable bonds is 3. The van der Waals surface area contributed by atoms with Crippen LogP contribution in [0.15, 0.2) is 65.6 Å². The first-order chi connectivity index (χ1) is 10.5. The van der Waals surface area contributed by atoms with Crippen LogP contribution >= 0.6 is 11.6 Å².